The third kappa shape index (κ3) is 4.16. The molecule has 1 aliphatic heterocycles. The van der Waals surface area contributed by atoms with Crippen LogP contribution < -0.4 is 0 Å². The lowest BCUT2D eigenvalue weighted by Crippen LogP contribution is -2.47. The fourth-order valence-corrected chi connectivity index (χ4v) is 2.77. The van der Waals surface area contributed by atoms with Gasteiger partial charge in [0.15, 0.2) is 5.69 Å². The molecular formula is C17H23N5O. The highest BCUT2D eigenvalue weighted by Gasteiger charge is 2.22. The van der Waals surface area contributed by atoms with Crippen LogP contribution in [0.1, 0.15) is 22.5 Å². The number of benzene rings is 1. The molecule has 0 aliphatic carbocycles. The summed E-state index contributed by atoms with van der Waals surface area (Å²) in [7, 11) is 2.07. The Morgan fingerprint density at radius 3 is 2.61 bits per heavy atom. The van der Waals surface area contributed by atoms with Gasteiger partial charge in [0.1, 0.15) is 0 Å². The lowest BCUT2D eigenvalue weighted by molar-refractivity contribution is 0.0658. The maximum atomic E-state index is 12.4. The van der Waals surface area contributed by atoms with Crippen LogP contribution in [0.5, 0.6) is 0 Å². The first-order valence-electron chi connectivity index (χ1n) is 8.14. The molecule has 3 rings (SSSR count). The third-order valence-electron chi connectivity index (χ3n) is 4.24. The molecule has 0 bridgehead atoms. The molecule has 0 saturated carbocycles. The number of carbonyl (C=O) groups excluding carboxylic acids is 1. The Balaban J connectivity index is 1.50. The van der Waals surface area contributed by atoms with Crippen LogP contribution in [0.3, 0.4) is 0 Å². The van der Waals surface area contributed by atoms with Gasteiger partial charge >= 0.3 is 0 Å². The van der Waals surface area contributed by atoms with E-state index in [1.165, 1.54) is 5.56 Å². The van der Waals surface area contributed by atoms with Gasteiger partial charge in [-0.1, -0.05) is 35.5 Å². The Morgan fingerprint density at radius 1 is 1.13 bits per heavy atom. The van der Waals surface area contributed by atoms with Gasteiger partial charge in [-0.05, 0) is 25.5 Å². The number of hydrogen-bond donors (Lipinski definition) is 0. The van der Waals surface area contributed by atoms with Gasteiger partial charge in [0, 0.05) is 32.7 Å². The smallest absolute Gasteiger partial charge is 0.276 e. The number of rotatable bonds is 5. The third-order valence-corrected chi connectivity index (χ3v) is 4.24. The van der Waals surface area contributed by atoms with Gasteiger partial charge in [0.2, 0.25) is 0 Å². The fraction of sp³-hybridized carbons (Fsp3) is 0.471. The second-order valence-electron chi connectivity index (χ2n) is 6.05. The molecule has 23 heavy (non-hydrogen) atoms. The van der Waals surface area contributed by atoms with E-state index < -0.39 is 0 Å². The zero-order chi connectivity index (χ0) is 16.1. The quantitative estimate of drug-likeness (QED) is 0.835. The number of likely N-dealkylation sites (N-methyl/N-ethyl adjacent to an activating group) is 1. The predicted octanol–water partition coefficient (Wildman–Crippen LogP) is 1.30. The van der Waals surface area contributed by atoms with E-state index in [1.807, 2.05) is 11.0 Å². The van der Waals surface area contributed by atoms with Crippen molar-refractivity contribution in [3.8, 4) is 0 Å². The average Bonchev–Trinajstić information content (AvgIpc) is 3.05. The number of piperazine rings is 1. The second kappa shape index (κ2) is 7.37. The van der Waals surface area contributed by atoms with Crippen molar-refractivity contribution in [2.24, 2.45) is 0 Å². The zero-order valence-corrected chi connectivity index (χ0v) is 13.6. The van der Waals surface area contributed by atoms with Crippen molar-refractivity contribution in [1.29, 1.82) is 0 Å². The summed E-state index contributed by atoms with van der Waals surface area (Å²) in [6.45, 7) is 4.12. The molecule has 122 valence electrons. The first kappa shape index (κ1) is 15.7. The van der Waals surface area contributed by atoms with E-state index in [2.05, 4.69) is 46.5 Å². The first-order valence-corrected chi connectivity index (χ1v) is 8.14. The highest BCUT2D eigenvalue weighted by molar-refractivity contribution is 5.92. The van der Waals surface area contributed by atoms with Crippen LogP contribution in [0.4, 0.5) is 0 Å². The van der Waals surface area contributed by atoms with Gasteiger partial charge in [-0.2, -0.15) is 0 Å². The van der Waals surface area contributed by atoms with Crippen molar-refractivity contribution in [3.63, 3.8) is 0 Å². The summed E-state index contributed by atoms with van der Waals surface area (Å²) < 4.78 is 1.77. The van der Waals surface area contributed by atoms with E-state index in [9.17, 15) is 4.79 Å². The van der Waals surface area contributed by atoms with E-state index in [0.717, 1.165) is 45.6 Å². The Bertz CT molecular complexity index is 631. The molecule has 2 aromatic rings. The molecular weight excluding hydrogens is 290 g/mol. The van der Waals surface area contributed by atoms with Gasteiger partial charge in [-0.25, -0.2) is 0 Å². The molecule has 0 spiro atoms. The zero-order valence-electron chi connectivity index (χ0n) is 13.6. The van der Waals surface area contributed by atoms with E-state index in [0.29, 0.717) is 5.69 Å². The maximum Gasteiger partial charge on any atom is 0.276 e. The van der Waals surface area contributed by atoms with Crippen molar-refractivity contribution in [3.05, 3.63) is 47.8 Å². The highest BCUT2D eigenvalue weighted by atomic mass is 16.2. The molecule has 2 heterocycles. The van der Waals surface area contributed by atoms with E-state index in [-0.39, 0.29) is 5.91 Å². The van der Waals surface area contributed by atoms with Gasteiger partial charge in [-0.15, -0.1) is 5.10 Å². The maximum absolute atomic E-state index is 12.4. The average molecular weight is 313 g/mol. The summed E-state index contributed by atoms with van der Waals surface area (Å²) in [4.78, 5) is 16.5. The van der Waals surface area contributed by atoms with Crippen LogP contribution in [0, 0.1) is 0 Å². The van der Waals surface area contributed by atoms with Crippen molar-refractivity contribution in [2.45, 2.75) is 19.4 Å². The monoisotopic (exact) mass is 313 g/mol. The SMILES string of the molecule is CN1CCN(C(=O)c2cn(CCCc3ccccc3)nn2)CC1. The van der Waals surface area contributed by atoms with Gasteiger partial charge in [0.05, 0.1) is 6.20 Å². The minimum atomic E-state index is -0.00703. The van der Waals surface area contributed by atoms with Crippen molar-refractivity contribution in [1.82, 2.24) is 24.8 Å². The van der Waals surface area contributed by atoms with Crippen molar-refractivity contribution < 1.29 is 4.79 Å². The molecule has 1 aromatic heterocycles. The van der Waals surface area contributed by atoms with Crippen LogP contribution in [-0.4, -0.2) is 63.9 Å². The number of nitrogens with zero attached hydrogens (tertiary/aromatic N) is 5. The number of hydrogen-bond acceptors (Lipinski definition) is 4. The summed E-state index contributed by atoms with van der Waals surface area (Å²) in [5, 5.41) is 8.13. The predicted molar refractivity (Wildman–Crippen MR) is 88.2 cm³/mol. The summed E-state index contributed by atoms with van der Waals surface area (Å²) >= 11 is 0. The topological polar surface area (TPSA) is 54.3 Å². The number of aryl methyl sites for hydroxylation is 2. The van der Waals surface area contributed by atoms with E-state index in [1.54, 1.807) is 10.9 Å². The molecule has 0 radical (unpaired) electrons. The molecule has 1 aliphatic rings. The van der Waals surface area contributed by atoms with Crippen LogP contribution in [0.2, 0.25) is 0 Å². The van der Waals surface area contributed by atoms with Crippen molar-refractivity contribution in [2.75, 3.05) is 33.2 Å². The lowest BCUT2D eigenvalue weighted by Gasteiger charge is -2.31. The Hall–Kier alpha value is -2.21. The standard InChI is InChI=1S/C17H23N5O/c1-20-10-12-21(13-11-20)17(23)16-14-22(19-18-16)9-5-8-15-6-3-2-4-7-15/h2-4,6-7,14H,5,8-13H2,1H3. The number of aromatic nitrogens is 3. The number of amides is 1. The minimum Gasteiger partial charge on any atom is -0.335 e. The second-order valence-corrected chi connectivity index (χ2v) is 6.05. The van der Waals surface area contributed by atoms with Crippen LogP contribution >= 0.6 is 0 Å². The van der Waals surface area contributed by atoms with Gasteiger partial charge < -0.3 is 9.80 Å². The summed E-state index contributed by atoms with van der Waals surface area (Å²) in [5.41, 5.74) is 1.77. The van der Waals surface area contributed by atoms with Crippen LogP contribution in [0.25, 0.3) is 0 Å². The molecule has 1 saturated heterocycles. The molecule has 0 atom stereocenters. The molecule has 1 amide bonds. The summed E-state index contributed by atoms with van der Waals surface area (Å²) in [6, 6.07) is 10.4. The Morgan fingerprint density at radius 2 is 1.87 bits per heavy atom. The van der Waals surface area contributed by atoms with Crippen LogP contribution in [0.15, 0.2) is 36.5 Å². The highest BCUT2D eigenvalue weighted by Crippen LogP contribution is 2.07. The number of carbonyl (C=O) groups is 1. The molecule has 1 fully saturated rings. The largest absolute Gasteiger partial charge is 0.335 e. The van der Waals surface area contributed by atoms with Gasteiger partial charge in [0.25, 0.3) is 5.91 Å². The molecule has 0 N–H and O–H groups in total. The van der Waals surface area contributed by atoms with E-state index in [4.69, 9.17) is 0 Å². The normalized spacial score (nSPS) is 15.8. The molecule has 6 nitrogen and oxygen atoms in total. The molecule has 0 unspecified atom stereocenters. The molecule has 6 heteroatoms. The Kier molecular flexibility index (Phi) is 5.02. The summed E-state index contributed by atoms with van der Waals surface area (Å²) in [6.07, 6.45) is 3.75. The minimum absolute atomic E-state index is 0.00703. The molecule has 1 aromatic carbocycles. The van der Waals surface area contributed by atoms with E-state index >= 15 is 0 Å². The Labute approximate surface area is 136 Å². The first-order chi connectivity index (χ1) is 11.2. The summed E-state index contributed by atoms with van der Waals surface area (Å²) in [5.74, 6) is -0.00703. The van der Waals surface area contributed by atoms with Crippen molar-refractivity contribution >= 4 is 5.91 Å². The van der Waals surface area contributed by atoms with Gasteiger partial charge in [-0.3, -0.25) is 9.48 Å². The van der Waals surface area contributed by atoms with Crippen LogP contribution in [-0.2, 0) is 13.0 Å². The fourth-order valence-electron chi connectivity index (χ4n) is 2.77. The lowest BCUT2D eigenvalue weighted by atomic mass is 10.1.